The molecule has 8 heteroatoms. The molecular formula is C24H24N2O5S. The predicted molar refractivity (Wildman–Crippen MR) is 122 cm³/mol. The smallest absolute Gasteiger partial charge is 0.337 e. The zero-order valence-electron chi connectivity index (χ0n) is 17.5. The number of rotatable bonds is 7. The number of carboxylic acids is 1. The summed E-state index contributed by atoms with van der Waals surface area (Å²) in [6.45, 7) is 2.33. The van der Waals surface area contributed by atoms with Gasteiger partial charge < -0.3 is 15.2 Å². The first kappa shape index (κ1) is 21.9. The zero-order valence-corrected chi connectivity index (χ0v) is 18.4. The molecule has 32 heavy (non-hydrogen) atoms. The molecule has 0 saturated carbocycles. The standard InChI is InChI=1S/C24H24N2O5S/c1-16(26-32(29,30)19-9-3-2-4-10-19)14-25-23-20(24(27)28)11-12-22-21(23)13-17-7-5-6-8-18(17)15-31-22/h2-12,16,25-26H,13-15H2,1H3,(H,27,28). The Balaban J connectivity index is 1.59. The number of hydrogen-bond donors (Lipinski definition) is 3. The van der Waals surface area contributed by atoms with Gasteiger partial charge in [-0.05, 0) is 42.3 Å². The maximum atomic E-state index is 12.6. The fraction of sp³-hybridized carbons (Fsp3) is 0.208. The minimum absolute atomic E-state index is 0.116. The van der Waals surface area contributed by atoms with Gasteiger partial charge in [-0.2, -0.15) is 0 Å². The molecule has 0 amide bonds. The molecule has 7 nitrogen and oxygen atoms in total. The summed E-state index contributed by atoms with van der Waals surface area (Å²) in [6, 6.07) is 18.7. The number of benzene rings is 3. The van der Waals surface area contributed by atoms with E-state index in [1.165, 1.54) is 18.2 Å². The lowest BCUT2D eigenvalue weighted by atomic mass is 9.97. The number of carboxylic acid groups (broad SMARTS) is 1. The Labute approximate surface area is 187 Å². The van der Waals surface area contributed by atoms with Gasteiger partial charge in [-0.25, -0.2) is 17.9 Å². The average molecular weight is 453 g/mol. The molecule has 0 aliphatic carbocycles. The lowest BCUT2D eigenvalue weighted by molar-refractivity contribution is 0.0697. The third-order valence-corrected chi connectivity index (χ3v) is 6.97. The van der Waals surface area contributed by atoms with Crippen molar-refractivity contribution in [2.45, 2.75) is 30.9 Å². The lowest BCUT2D eigenvalue weighted by Crippen LogP contribution is -2.37. The van der Waals surface area contributed by atoms with E-state index in [1.807, 2.05) is 24.3 Å². The second-order valence-electron chi connectivity index (χ2n) is 7.72. The van der Waals surface area contributed by atoms with E-state index < -0.39 is 22.0 Å². The summed E-state index contributed by atoms with van der Waals surface area (Å²) < 4.78 is 33.8. The number of hydrogen-bond acceptors (Lipinski definition) is 5. The van der Waals surface area contributed by atoms with Crippen molar-refractivity contribution in [3.63, 3.8) is 0 Å². The molecule has 4 rings (SSSR count). The third-order valence-electron chi connectivity index (χ3n) is 5.36. The molecule has 0 spiro atoms. The van der Waals surface area contributed by atoms with Crippen molar-refractivity contribution in [3.05, 3.63) is 89.0 Å². The minimum atomic E-state index is -3.68. The highest BCUT2D eigenvalue weighted by Gasteiger charge is 2.23. The first-order valence-electron chi connectivity index (χ1n) is 10.2. The monoisotopic (exact) mass is 452 g/mol. The Morgan fingerprint density at radius 1 is 1.03 bits per heavy atom. The second kappa shape index (κ2) is 9.02. The Hall–Kier alpha value is -3.36. The average Bonchev–Trinajstić information content (AvgIpc) is 2.97. The number of carbonyl (C=O) groups is 1. The normalized spacial score (nSPS) is 13.8. The molecule has 166 valence electrons. The molecule has 3 aromatic carbocycles. The Bertz CT molecular complexity index is 1240. The largest absolute Gasteiger partial charge is 0.489 e. The van der Waals surface area contributed by atoms with Gasteiger partial charge in [0.25, 0.3) is 0 Å². The quantitative estimate of drug-likeness (QED) is 0.506. The van der Waals surface area contributed by atoms with Crippen LogP contribution < -0.4 is 14.8 Å². The minimum Gasteiger partial charge on any atom is -0.489 e. The number of sulfonamides is 1. The van der Waals surface area contributed by atoms with Crippen molar-refractivity contribution in [2.75, 3.05) is 11.9 Å². The highest BCUT2D eigenvalue weighted by atomic mass is 32.2. The number of aromatic carboxylic acids is 1. The van der Waals surface area contributed by atoms with Gasteiger partial charge >= 0.3 is 5.97 Å². The molecule has 0 saturated heterocycles. The van der Waals surface area contributed by atoms with Crippen molar-refractivity contribution in [3.8, 4) is 5.75 Å². The van der Waals surface area contributed by atoms with Crippen molar-refractivity contribution in [1.29, 1.82) is 0 Å². The molecule has 0 aromatic heterocycles. The number of fused-ring (bicyclic) bond motifs is 2. The van der Waals surface area contributed by atoms with E-state index in [9.17, 15) is 18.3 Å². The van der Waals surface area contributed by atoms with Crippen LogP contribution in [0.25, 0.3) is 0 Å². The highest BCUT2D eigenvalue weighted by Crippen LogP contribution is 2.36. The Morgan fingerprint density at radius 3 is 2.44 bits per heavy atom. The SMILES string of the molecule is CC(CNc1c(C(=O)O)ccc2c1Cc1ccccc1CO2)NS(=O)(=O)c1ccccc1. The summed E-state index contributed by atoms with van der Waals surface area (Å²) >= 11 is 0. The van der Waals surface area contributed by atoms with Crippen molar-refractivity contribution in [1.82, 2.24) is 4.72 Å². The van der Waals surface area contributed by atoms with Gasteiger partial charge in [-0.3, -0.25) is 0 Å². The molecular weight excluding hydrogens is 428 g/mol. The van der Waals surface area contributed by atoms with Crippen LogP contribution in [0.5, 0.6) is 5.75 Å². The van der Waals surface area contributed by atoms with Gasteiger partial charge in [0, 0.05) is 24.6 Å². The van der Waals surface area contributed by atoms with E-state index in [0.29, 0.717) is 24.5 Å². The summed E-state index contributed by atoms with van der Waals surface area (Å²) in [5, 5.41) is 12.9. The summed E-state index contributed by atoms with van der Waals surface area (Å²) in [4.78, 5) is 12.1. The first-order chi connectivity index (χ1) is 15.3. The molecule has 0 radical (unpaired) electrons. The second-order valence-corrected chi connectivity index (χ2v) is 9.43. The number of ether oxygens (including phenoxy) is 1. The summed E-state index contributed by atoms with van der Waals surface area (Å²) in [7, 11) is -3.68. The van der Waals surface area contributed by atoms with Gasteiger partial charge in [0.15, 0.2) is 0 Å². The van der Waals surface area contributed by atoms with Crippen LogP contribution >= 0.6 is 0 Å². The summed E-state index contributed by atoms with van der Waals surface area (Å²) in [6.07, 6.45) is 0.513. The fourth-order valence-electron chi connectivity index (χ4n) is 3.77. The molecule has 1 unspecified atom stereocenters. The van der Waals surface area contributed by atoms with Gasteiger partial charge in [0.05, 0.1) is 16.1 Å². The molecule has 3 N–H and O–H groups in total. The van der Waals surface area contributed by atoms with Gasteiger partial charge in [-0.1, -0.05) is 42.5 Å². The lowest BCUT2D eigenvalue weighted by Gasteiger charge is -2.20. The fourth-order valence-corrected chi connectivity index (χ4v) is 5.03. The van der Waals surface area contributed by atoms with E-state index in [0.717, 1.165) is 16.7 Å². The van der Waals surface area contributed by atoms with Crippen molar-refractivity contribution >= 4 is 21.7 Å². The number of nitrogens with one attached hydrogen (secondary N) is 2. The topological polar surface area (TPSA) is 105 Å². The predicted octanol–water partition coefficient (Wildman–Crippen LogP) is 3.65. The maximum absolute atomic E-state index is 12.6. The van der Waals surface area contributed by atoms with Crippen LogP contribution in [0, 0.1) is 0 Å². The summed E-state index contributed by atoms with van der Waals surface area (Å²) in [5.41, 5.74) is 3.42. The molecule has 1 heterocycles. The zero-order chi connectivity index (χ0) is 22.7. The molecule has 1 aliphatic rings. The number of anilines is 1. The molecule has 3 aromatic rings. The third kappa shape index (κ3) is 4.61. The van der Waals surface area contributed by atoms with Crippen LogP contribution in [0.4, 0.5) is 5.69 Å². The van der Waals surface area contributed by atoms with Gasteiger partial charge in [0.2, 0.25) is 10.0 Å². The molecule has 1 aliphatic heterocycles. The van der Waals surface area contributed by atoms with Crippen LogP contribution in [0.15, 0.2) is 71.6 Å². The Kier molecular flexibility index (Phi) is 6.16. The van der Waals surface area contributed by atoms with Crippen LogP contribution in [0.1, 0.15) is 34.0 Å². The van der Waals surface area contributed by atoms with E-state index in [4.69, 9.17) is 4.74 Å². The molecule has 1 atom stereocenters. The van der Waals surface area contributed by atoms with E-state index in [1.54, 1.807) is 31.2 Å². The van der Waals surface area contributed by atoms with Crippen LogP contribution in [0.3, 0.4) is 0 Å². The molecule has 0 bridgehead atoms. The molecule has 0 fully saturated rings. The summed E-state index contributed by atoms with van der Waals surface area (Å²) in [5.74, 6) is -0.448. The Morgan fingerprint density at radius 2 is 1.72 bits per heavy atom. The van der Waals surface area contributed by atoms with E-state index >= 15 is 0 Å². The van der Waals surface area contributed by atoms with Crippen molar-refractivity contribution in [2.24, 2.45) is 0 Å². The van der Waals surface area contributed by atoms with E-state index in [-0.39, 0.29) is 17.0 Å². The van der Waals surface area contributed by atoms with Crippen LogP contribution in [0.2, 0.25) is 0 Å². The van der Waals surface area contributed by atoms with Gasteiger partial charge in [0.1, 0.15) is 12.4 Å². The van der Waals surface area contributed by atoms with E-state index in [2.05, 4.69) is 10.0 Å². The van der Waals surface area contributed by atoms with Crippen molar-refractivity contribution < 1.29 is 23.1 Å². The highest BCUT2D eigenvalue weighted by molar-refractivity contribution is 7.89. The van der Waals surface area contributed by atoms with Gasteiger partial charge in [-0.15, -0.1) is 0 Å². The maximum Gasteiger partial charge on any atom is 0.337 e. The first-order valence-corrected chi connectivity index (χ1v) is 11.7. The van der Waals surface area contributed by atoms with Crippen LogP contribution in [-0.4, -0.2) is 32.1 Å². The van der Waals surface area contributed by atoms with Crippen LogP contribution in [-0.2, 0) is 23.1 Å².